The molecule has 0 N–H and O–H groups in total. The fourth-order valence-corrected chi connectivity index (χ4v) is 3.14. The van der Waals surface area contributed by atoms with Crippen LogP contribution in [-0.2, 0) is 4.74 Å². The Morgan fingerprint density at radius 2 is 1.07 bits per heavy atom. The third-order valence-corrected chi connectivity index (χ3v) is 4.66. The molecular formula is C23H22O3S. The van der Waals surface area contributed by atoms with E-state index in [1.807, 2.05) is 78.9 Å². The molecule has 0 atom stereocenters. The number of rotatable bonds is 5. The summed E-state index contributed by atoms with van der Waals surface area (Å²) in [6.45, 7) is 1.56. The smallest absolute Gasteiger partial charge is 0.193 e. The molecule has 0 saturated heterocycles. The van der Waals surface area contributed by atoms with E-state index in [2.05, 4.69) is 4.74 Å². The Morgan fingerprint density at radius 1 is 0.667 bits per heavy atom. The lowest BCUT2D eigenvalue weighted by atomic mass is 10.0. The fraction of sp³-hybridized carbons (Fsp3) is 0.130. The van der Waals surface area contributed by atoms with E-state index in [9.17, 15) is 9.59 Å². The average molecular weight is 378 g/mol. The second kappa shape index (κ2) is 10.5. The van der Waals surface area contributed by atoms with Crippen LogP contribution >= 0.6 is 11.8 Å². The highest BCUT2D eigenvalue weighted by Crippen LogP contribution is 2.28. The Kier molecular flexibility index (Phi) is 7.99. The molecule has 0 aliphatic heterocycles. The Labute approximate surface area is 164 Å². The number of hydrogen-bond acceptors (Lipinski definition) is 4. The molecule has 0 amide bonds. The van der Waals surface area contributed by atoms with Crippen molar-refractivity contribution in [3.05, 3.63) is 95.6 Å². The van der Waals surface area contributed by atoms with Gasteiger partial charge >= 0.3 is 0 Å². The Balaban J connectivity index is 0.000000817. The molecule has 0 aliphatic carbocycles. The van der Waals surface area contributed by atoms with Gasteiger partial charge in [-0.15, -0.1) is 0 Å². The van der Waals surface area contributed by atoms with Gasteiger partial charge in [0.25, 0.3) is 0 Å². The van der Waals surface area contributed by atoms with Gasteiger partial charge in [0.15, 0.2) is 11.6 Å². The number of benzene rings is 3. The lowest BCUT2D eigenvalue weighted by Crippen LogP contribution is -2.00. The van der Waals surface area contributed by atoms with Gasteiger partial charge in [-0.25, -0.2) is 0 Å². The summed E-state index contributed by atoms with van der Waals surface area (Å²) >= 11 is 1.60. The molecule has 138 valence electrons. The van der Waals surface area contributed by atoms with E-state index < -0.39 is 0 Å². The van der Waals surface area contributed by atoms with E-state index in [0.29, 0.717) is 16.7 Å². The minimum absolute atomic E-state index is 0.0259. The van der Waals surface area contributed by atoms with E-state index >= 15 is 0 Å². The lowest BCUT2D eigenvalue weighted by Gasteiger charge is -2.05. The molecule has 0 fully saturated rings. The van der Waals surface area contributed by atoms with Crippen molar-refractivity contribution in [3.63, 3.8) is 0 Å². The number of hydrogen-bond donors (Lipinski definition) is 0. The van der Waals surface area contributed by atoms with Gasteiger partial charge in [0.2, 0.25) is 0 Å². The quantitative estimate of drug-likeness (QED) is 0.547. The first-order valence-corrected chi connectivity index (χ1v) is 9.25. The molecule has 0 spiro atoms. The summed E-state index contributed by atoms with van der Waals surface area (Å²) in [7, 11) is 3.25. The molecule has 3 aromatic carbocycles. The Morgan fingerprint density at radius 3 is 1.52 bits per heavy atom. The van der Waals surface area contributed by atoms with Gasteiger partial charge in [-0.3, -0.25) is 9.59 Å². The highest BCUT2D eigenvalue weighted by Gasteiger charge is 2.08. The van der Waals surface area contributed by atoms with Crippen molar-refractivity contribution in [1.82, 2.24) is 0 Å². The minimum atomic E-state index is 0.0259. The molecule has 0 aliphatic rings. The molecule has 27 heavy (non-hydrogen) atoms. The van der Waals surface area contributed by atoms with Crippen LogP contribution in [0.25, 0.3) is 0 Å². The van der Waals surface area contributed by atoms with Crippen molar-refractivity contribution in [2.75, 3.05) is 14.2 Å². The van der Waals surface area contributed by atoms with Crippen LogP contribution in [0.1, 0.15) is 33.2 Å². The molecule has 0 bridgehead atoms. The first-order chi connectivity index (χ1) is 13.0. The van der Waals surface area contributed by atoms with E-state index in [4.69, 9.17) is 0 Å². The summed E-state index contributed by atoms with van der Waals surface area (Å²) in [6.07, 6.45) is 0. The van der Waals surface area contributed by atoms with Gasteiger partial charge in [-0.05, 0) is 43.3 Å². The van der Waals surface area contributed by atoms with Gasteiger partial charge in [-0.1, -0.05) is 54.2 Å². The highest BCUT2D eigenvalue weighted by atomic mass is 32.2. The summed E-state index contributed by atoms with van der Waals surface area (Å²) in [6, 6.07) is 24.4. The largest absolute Gasteiger partial charge is 0.388 e. The first kappa shape index (κ1) is 20.6. The Bertz CT molecular complexity index is 870. The van der Waals surface area contributed by atoms with E-state index in [-0.39, 0.29) is 11.6 Å². The third kappa shape index (κ3) is 6.20. The van der Waals surface area contributed by atoms with E-state index in [1.165, 1.54) is 0 Å². The molecular weight excluding hydrogens is 356 g/mol. The molecule has 3 aromatic rings. The molecule has 3 rings (SSSR count). The summed E-state index contributed by atoms with van der Waals surface area (Å²) in [5.74, 6) is 0.0910. The van der Waals surface area contributed by atoms with Gasteiger partial charge in [0, 0.05) is 40.7 Å². The first-order valence-electron chi connectivity index (χ1n) is 8.44. The number of carbonyl (C=O) groups excluding carboxylic acids is 2. The van der Waals surface area contributed by atoms with Crippen LogP contribution in [-0.4, -0.2) is 25.8 Å². The molecule has 4 heteroatoms. The van der Waals surface area contributed by atoms with Crippen molar-refractivity contribution < 1.29 is 14.3 Å². The monoisotopic (exact) mass is 378 g/mol. The standard InChI is InChI=1S/C21H16O2S.C2H6O/c1-15(22)16-7-11-19(12-8-16)24-20-13-9-18(10-14-20)21(23)17-5-3-2-4-6-17;1-3-2/h2-14H,1H3;1-2H3. The van der Waals surface area contributed by atoms with Crippen molar-refractivity contribution >= 4 is 23.3 Å². The number of ketones is 2. The van der Waals surface area contributed by atoms with Crippen molar-refractivity contribution in [1.29, 1.82) is 0 Å². The van der Waals surface area contributed by atoms with Crippen LogP contribution in [0.3, 0.4) is 0 Å². The van der Waals surface area contributed by atoms with Crippen LogP contribution in [0.2, 0.25) is 0 Å². The number of ether oxygens (including phenoxy) is 1. The predicted octanol–water partition coefficient (Wildman–Crippen LogP) is 5.53. The third-order valence-electron chi connectivity index (χ3n) is 3.65. The van der Waals surface area contributed by atoms with Gasteiger partial charge in [-0.2, -0.15) is 0 Å². The van der Waals surface area contributed by atoms with Crippen LogP contribution < -0.4 is 0 Å². The summed E-state index contributed by atoms with van der Waals surface area (Å²) in [4.78, 5) is 25.8. The van der Waals surface area contributed by atoms with Crippen molar-refractivity contribution in [2.45, 2.75) is 16.7 Å². The molecule has 0 heterocycles. The summed E-state index contributed by atoms with van der Waals surface area (Å²) in [5.41, 5.74) is 2.08. The Hall–Kier alpha value is -2.69. The van der Waals surface area contributed by atoms with Crippen molar-refractivity contribution in [3.8, 4) is 0 Å². The fourth-order valence-electron chi connectivity index (χ4n) is 2.32. The number of methoxy groups -OCH3 is 1. The minimum Gasteiger partial charge on any atom is -0.388 e. The van der Waals surface area contributed by atoms with Gasteiger partial charge in [0.1, 0.15) is 0 Å². The number of Topliss-reactive ketones (excluding diaryl/α,β-unsaturated/α-hetero) is 1. The molecule has 3 nitrogen and oxygen atoms in total. The van der Waals surface area contributed by atoms with Crippen LogP contribution in [0, 0.1) is 0 Å². The van der Waals surface area contributed by atoms with Gasteiger partial charge < -0.3 is 4.74 Å². The normalized spacial score (nSPS) is 9.89. The second-order valence-electron chi connectivity index (χ2n) is 5.81. The maximum absolute atomic E-state index is 12.4. The molecule has 0 aromatic heterocycles. The second-order valence-corrected chi connectivity index (χ2v) is 6.96. The van der Waals surface area contributed by atoms with E-state index in [1.54, 1.807) is 32.9 Å². The molecule has 0 saturated carbocycles. The summed E-state index contributed by atoms with van der Waals surface area (Å²) in [5, 5.41) is 0. The van der Waals surface area contributed by atoms with Crippen LogP contribution in [0.4, 0.5) is 0 Å². The zero-order valence-electron chi connectivity index (χ0n) is 15.6. The maximum Gasteiger partial charge on any atom is 0.193 e. The zero-order valence-corrected chi connectivity index (χ0v) is 16.5. The average Bonchev–Trinajstić information content (AvgIpc) is 2.70. The van der Waals surface area contributed by atoms with Crippen molar-refractivity contribution in [2.24, 2.45) is 0 Å². The SMILES string of the molecule is CC(=O)c1ccc(Sc2ccc(C(=O)c3ccccc3)cc2)cc1.COC. The molecule has 0 unspecified atom stereocenters. The molecule has 0 radical (unpaired) electrons. The van der Waals surface area contributed by atoms with Crippen LogP contribution in [0.5, 0.6) is 0 Å². The highest BCUT2D eigenvalue weighted by molar-refractivity contribution is 7.99. The summed E-state index contributed by atoms with van der Waals surface area (Å²) < 4.78 is 4.25. The van der Waals surface area contributed by atoms with E-state index in [0.717, 1.165) is 9.79 Å². The maximum atomic E-state index is 12.4. The number of carbonyl (C=O) groups is 2. The van der Waals surface area contributed by atoms with Crippen LogP contribution in [0.15, 0.2) is 88.7 Å². The van der Waals surface area contributed by atoms with Gasteiger partial charge in [0.05, 0.1) is 0 Å². The lowest BCUT2D eigenvalue weighted by molar-refractivity contribution is 0.101. The topological polar surface area (TPSA) is 43.4 Å². The zero-order chi connectivity index (χ0) is 19.6. The predicted molar refractivity (Wildman–Crippen MR) is 110 cm³/mol.